The van der Waals surface area contributed by atoms with Gasteiger partial charge in [-0.1, -0.05) is 19.9 Å². The molecule has 0 spiro atoms. The number of rotatable bonds is 8. The molecule has 150 valence electrons. The minimum absolute atomic E-state index is 0.0692. The Hall–Kier alpha value is -0.880. The largest absolute Gasteiger partial charge is 0.467 e. The summed E-state index contributed by atoms with van der Waals surface area (Å²) in [7, 11) is 0. The summed E-state index contributed by atoms with van der Waals surface area (Å²) in [6, 6.07) is 0. The van der Waals surface area contributed by atoms with Crippen LogP contribution in [0.1, 0.15) is 67.7 Å². The lowest BCUT2D eigenvalue weighted by Crippen LogP contribution is -2.52. The highest BCUT2D eigenvalue weighted by molar-refractivity contribution is 5.31. The minimum atomic E-state index is -0.991. The van der Waals surface area contributed by atoms with E-state index in [1.807, 2.05) is 34.6 Å². The third-order valence-corrected chi connectivity index (χ3v) is 6.00. The van der Waals surface area contributed by atoms with Crippen LogP contribution in [0.15, 0.2) is 24.0 Å². The van der Waals surface area contributed by atoms with Crippen LogP contribution in [0.3, 0.4) is 0 Å². The van der Waals surface area contributed by atoms with Crippen molar-refractivity contribution in [2.45, 2.75) is 97.6 Å². The van der Waals surface area contributed by atoms with Gasteiger partial charge in [0.25, 0.3) is 0 Å². The summed E-state index contributed by atoms with van der Waals surface area (Å²) in [5.41, 5.74) is -1.05. The van der Waals surface area contributed by atoms with Crippen molar-refractivity contribution < 1.29 is 24.1 Å². The molecule has 5 heteroatoms. The zero-order valence-corrected chi connectivity index (χ0v) is 17.4. The van der Waals surface area contributed by atoms with Gasteiger partial charge in [-0.3, -0.25) is 0 Å². The number of fused-ring (bicyclic) bond motifs is 1. The van der Waals surface area contributed by atoms with Crippen LogP contribution in [0.25, 0.3) is 0 Å². The van der Waals surface area contributed by atoms with Crippen molar-refractivity contribution in [3.8, 4) is 0 Å². The van der Waals surface area contributed by atoms with Crippen molar-refractivity contribution in [2.75, 3.05) is 6.61 Å². The number of hydrogen-bond donors (Lipinski definition) is 1. The Morgan fingerprint density at radius 2 is 2.12 bits per heavy atom. The summed E-state index contributed by atoms with van der Waals surface area (Å²) < 4.78 is 23.3. The third kappa shape index (κ3) is 4.01. The van der Waals surface area contributed by atoms with Crippen molar-refractivity contribution in [1.82, 2.24) is 0 Å². The Balaban J connectivity index is 2.21. The number of aliphatic hydroxyl groups is 1. The van der Waals surface area contributed by atoms with E-state index in [4.69, 9.17) is 18.9 Å². The normalized spacial score (nSPS) is 34.0. The fourth-order valence-corrected chi connectivity index (χ4v) is 4.20. The SMILES string of the molecule is C=CC(C)(CCC1(O)C(C)=C2OC(C)OC2CC1(C)C)OC(C)OCC. The Morgan fingerprint density at radius 3 is 2.69 bits per heavy atom. The molecule has 1 aliphatic carbocycles. The van der Waals surface area contributed by atoms with Gasteiger partial charge in [0.15, 0.2) is 12.6 Å². The quantitative estimate of drug-likeness (QED) is 0.511. The Kier molecular flexibility index (Phi) is 6.28. The molecule has 26 heavy (non-hydrogen) atoms. The Morgan fingerprint density at radius 1 is 1.46 bits per heavy atom. The van der Waals surface area contributed by atoms with E-state index < -0.39 is 11.2 Å². The first kappa shape index (κ1) is 21.4. The highest BCUT2D eigenvalue weighted by atomic mass is 16.7. The lowest BCUT2D eigenvalue weighted by molar-refractivity contribution is -0.185. The van der Waals surface area contributed by atoms with E-state index >= 15 is 0 Å². The van der Waals surface area contributed by atoms with Crippen LogP contribution in [0.5, 0.6) is 0 Å². The van der Waals surface area contributed by atoms with Gasteiger partial charge in [-0.15, -0.1) is 6.58 Å². The Labute approximate surface area is 158 Å². The zero-order chi connectivity index (χ0) is 19.8. The second-order valence-corrected chi connectivity index (χ2v) is 8.41. The average molecular weight is 369 g/mol. The molecule has 1 N–H and O–H groups in total. The third-order valence-electron chi connectivity index (χ3n) is 6.00. The highest BCUT2D eigenvalue weighted by Crippen LogP contribution is 2.52. The number of ether oxygens (including phenoxy) is 4. The first-order chi connectivity index (χ1) is 12.0. The molecule has 2 aliphatic rings. The molecule has 1 fully saturated rings. The summed E-state index contributed by atoms with van der Waals surface area (Å²) in [4.78, 5) is 0. The van der Waals surface area contributed by atoms with Gasteiger partial charge in [0.1, 0.15) is 11.9 Å². The monoisotopic (exact) mass is 368 g/mol. The first-order valence-corrected chi connectivity index (χ1v) is 9.67. The first-order valence-electron chi connectivity index (χ1n) is 9.67. The van der Waals surface area contributed by atoms with Crippen LogP contribution in [-0.2, 0) is 18.9 Å². The van der Waals surface area contributed by atoms with E-state index in [9.17, 15) is 5.11 Å². The molecule has 0 aromatic rings. The molecule has 1 heterocycles. The maximum atomic E-state index is 11.7. The predicted octanol–water partition coefficient (Wildman–Crippen LogP) is 4.31. The second-order valence-electron chi connectivity index (χ2n) is 8.41. The molecular weight excluding hydrogens is 332 g/mol. The van der Waals surface area contributed by atoms with Crippen LogP contribution >= 0.6 is 0 Å². The van der Waals surface area contributed by atoms with Crippen molar-refractivity contribution in [3.05, 3.63) is 24.0 Å². The van der Waals surface area contributed by atoms with Gasteiger partial charge in [-0.05, 0) is 59.5 Å². The van der Waals surface area contributed by atoms with Crippen molar-refractivity contribution in [3.63, 3.8) is 0 Å². The van der Waals surface area contributed by atoms with Crippen molar-refractivity contribution in [1.29, 1.82) is 0 Å². The van der Waals surface area contributed by atoms with E-state index in [1.54, 1.807) is 6.08 Å². The van der Waals surface area contributed by atoms with Gasteiger partial charge in [-0.25, -0.2) is 0 Å². The molecule has 0 aromatic heterocycles. The molecule has 0 radical (unpaired) electrons. The van der Waals surface area contributed by atoms with E-state index in [2.05, 4.69) is 20.4 Å². The lowest BCUT2D eigenvalue weighted by Gasteiger charge is -2.49. The predicted molar refractivity (Wildman–Crippen MR) is 101 cm³/mol. The van der Waals surface area contributed by atoms with Gasteiger partial charge < -0.3 is 24.1 Å². The zero-order valence-electron chi connectivity index (χ0n) is 17.4. The molecule has 5 atom stereocenters. The van der Waals surface area contributed by atoms with E-state index in [1.165, 1.54) is 0 Å². The van der Waals surface area contributed by atoms with Crippen molar-refractivity contribution in [2.24, 2.45) is 5.41 Å². The molecule has 5 unspecified atom stereocenters. The molecular formula is C21H36O5. The maximum absolute atomic E-state index is 11.7. The van der Waals surface area contributed by atoms with Gasteiger partial charge >= 0.3 is 0 Å². The lowest BCUT2D eigenvalue weighted by atomic mass is 9.61. The maximum Gasteiger partial charge on any atom is 0.197 e. The molecule has 0 aromatic carbocycles. The van der Waals surface area contributed by atoms with Crippen molar-refractivity contribution >= 4 is 0 Å². The summed E-state index contributed by atoms with van der Waals surface area (Å²) in [6.07, 6.45) is 3.03. The van der Waals surface area contributed by atoms with Gasteiger partial charge in [-0.2, -0.15) is 0 Å². The molecule has 0 saturated carbocycles. The van der Waals surface area contributed by atoms with E-state index in [0.29, 0.717) is 19.4 Å². The summed E-state index contributed by atoms with van der Waals surface area (Å²) >= 11 is 0. The fourth-order valence-electron chi connectivity index (χ4n) is 4.20. The molecule has 1 aliphatic heterocycles. The van der Waals surface area contributed by atoms with E-state index in [-0.39, 0.29) is 24.1 Å². The molecule has 5 nitrogen and oxygen atoms in total. The Bertz CT molecular complexity index is 555. The highest BCUT2D eigenvalue weighted by Gasteiger charge is 2.54. The van der Waals surface area contributed by atoms with Crippen LogP contribution in [0.4, 0.5) is 0 Å². The fraction of sp³-hybridized carbons (Fsp3) is 0.810. The molecule has 1 saturated heterocycles. The summed E-state index contributed by atoms with van der Waals surface area (Å²) in [5.74, 6) is 0.795. The molecule has 0 bridgehead atoms. The summed E-state index contributed by atoms with van der Waals surface area (Å²) in [5, 5.41) is 11.7. The van der Waals surface area contributed by atoms with Crippen LogP contribution < -0.4 is 0 Å². The van der Waals surface area contributed by atoms with E-state index in [0.717, 1.165) is 17.8 Å². The smallest absolute Gasteiger partial charge is 0.197 e. The van der Waals surface area contributed by atoms with Crippen LogP contribution in [0, 0.1) is 5.41 Å². The number of hydrogen-bond acceptors (Lipinski definition) is 5. The van der Waals surface area contributed by atoms with Gasteiger partial charge in [0, 0.05) is 12.0 Å². The average Bonchev–Trinajstić information content (AvgIpc) is 2.91. The van der Waals surface area contributed by atoms with Crippen LogP contribution in [0.2, 0.25) is 0 Å². The van der Waals surface area contributed by atoms with Gasteiger partial charge in [0.05, 0.1) is 11.2 Å². The topological polar surface area (TPSA) is 57.2 Å². The standard InChI is InChI=1S/C21H36O5/c1-9-20(8,26-15(4)23-10-2)11-12-21(22)14(3)18-17(13-19(21,6)7)24-16(5)25-18/h9,15-17,22H,1,10-13H2,2-8H3. The minimum Gasteiger partial charge on any atom is -0.467 e. The van der Waals surface area contributed by atoms with Gasteiger partial charge in [0.2, 0.25) is 0 Å². The molecule has 0 amide bonds. The molecule has 2 rings (SSSR count). The second kappa shape index (κ2) is 7.63. The summed E-state index contributed by atoms with van der Waals surface area (Å²) in [6.45, 7) is 18.4. The van der Waals surface area contributed by atoms with Crippen LogP contribution in [-0.4, -0.2) is 41.6 Å².